The van der Waals surface area contributed by atoms with E-state index in [1.165, 1.54) is 38.6 Å². The summed E-state index contributed by atoms with van der Waals surface area (Å²) in [6.45, 7) is 9.86. The molecule has 1 saturated carbocycles. The van der Waals surface area contributed by atoms with Crippen molar-refractivity contribution in [2.24, 2.45) is 16.8 Å². The third-order valence-electron chi connectivity index (χ3n) is 6.36. The maximum absolute atomic E-state index is 6.05. The van der Waals surface area contributed by atoms with Gasteiger partial charge < -0.3 is 25.0 Å². The zero-order valence-corrected chi connectivity index (χ0v) is 21.2. The number of ether oxygens (including phenoxy) is 2. The molecule has 4 rings (SSSR count). The number of guanidine groups is 1. The van der Waals surface area contributed by atoms with Gasteiger partial charge >= 0.3 is 0 Å². The average molecular weight is 543 g/mol. The summed E-state index contributed by atoms with van der Waals surface area (Å²) in [7, 11) is 0. The third kappa shape index (κ3) is 8.09. The zero-order valence-electron chi connectivity index (χ0n) is 18.9. The van der Waals surface area contributed by atoms with Gasteiger partial charge in [0.05, 0.1) is 19.8 Å². The lowest BCUT2D eigenvalue weighted by molar-refractivity contribution is 0.150. The van der Waals surface area contributed by atoms with Crippen molar-refractivity contribution in [2.45, 2.75) is 51.6 Å². The number of nitrogens with zero attached hydrogens (tertiary/aromatic N) is 2. The third-order valence-corrected chi connectivity index (χ3v) is 6.36. The molecule has 0 bridgehead atoms. The fourth-order valence-electron chi connectivity index (χ4n) is 4.30. The van der Waals surface area contributed by atoms with E-state index in [0.717, 1.165) is 68.6 Å². The van der Waals surface area contributed by atoms with Gasteiger partial charge in [0.15, 0.2) is 5.96 Å². The molecule has 3 aliphatic rings. The van der Waals surface area contributed by atoms with E-state index >= 15 is 0 Å². The number of aliphatic imine (C=N–C) groups is 1. The van der Waals surface area contributed by atoms with Crippen LogP contribution >= 0.6 is 24.0 Å². The summed E-state index contributed by atoms with van der Waals surface area (Å²) < 4.78 is 11.6. The largest absolute Gasteiger partial charge is 0.493 e. The van der Waals surface area contributed by atoms with Crippen LogP contribution in [0.3, 0.4) is 0 Å². The van der Waals surface area contributed by atoms with Gasteiger partial charge in [-0.2, -0.15) is 0 Å². The van der Waals surface area contributed by atoms with Crippen molar-refractivity contribution in [3.8, 4) is 5.75 Å². The minimum Gasteiger partial charge on any atom is -0.493 e. The summed E-state index contributed by atoms with van der Waals surface area (Å²) >= 11 is 0. The molecule has 6 nitrogen and oxygen atoms in total. The van der Waals surface area contributed by atoms with E-state index in [4.69, 9.17) is 14.5 Å². The fourth-order valence-corrected chi connectivity index (χ4v) is 4.30. The number of rotatable bonds is 9. The van der Waals surface area contributed by atoms with Gasteiger partial charge in [-0.3, -0.25) is 0 Å². The summed E-state index contributed by atoms with van der Waals surface area (Å²) in [5, 5.41) is 7.09. The maximum Gasteiger partial charge on any atom is 0.191 e. The van der Waals surface area contributed by atoms with Crippen molar-refractivity contribution < 1.29 is 9.47 Å². The molecular formula is C24H39IN4O2. The van der Waals surface area contributed by atoms with Crippen LogP contribution in [0.5, 0.6) is 5.75 Å². The van der Waals surface area contributed by atoms with Crippen molar-refractivity contribution in [3.05, 3.63) is 29.8 Å². The highest BCUT2D eigenvalue weighted by molar-refractivity contribution is 14.0. The molecule has 1 aromatic rings. The molecular weight excluding hydrogens is 503 g/mol. The van der Waals surface area contributed by atoms with Gasteiger partial charge in [0.1, 0.15) is 5.75 Å². The minimum absolute atomic E-state index is 0. The quantitative estimate of drug-likeness (QED) is 0.284. The van der Waals surface area contributed by atoms with E-state index in [1.54, 1.807) is 0 Å². The van der Waals surface area contributed by atoms with Gasteiger partial charge in [-0.05, 0) is 56.9 Å². The molecule has 1 unspecified atom stereocenters. The Bertz CT molecular complexity index is 684. The highest BCUT2D eigenvalue weighted by Gasteiger charge is 2.24. The molecule has 1 atom stereocenters. The van der Waals surface area contributed by atoms with Crippen LogP contribution in [0.4, 0.5) is 0 Å². The maximum atomic E-state index is 6.05. The molecule has 2 heterocycles. The molecule has 0 aromatic heterocycles. The normalized spacial score (nSPS) is 22.7. The Morgan fingerprint density at radius 3 is 2.65 bits per heavy atom. The predicted octanol–water partition coefficient (Wildman–Crippen LogP) is 3.65. The first kappa shape index (κ1) is 24.6. The summed E-state index contributed by atoms with van der Waals surface area (Å²) in [4.78, 5) is 7.47. The van der Waals surface area contributed by atoms with Crippen LogP contribution in [-0.4, -0.2) is 62.9 Å². The van der Waals surface area contributed by atoms with E-state index in [-0.39, 0.29) is 24.0 Å². The average Bonchev–Trinajstić information content (AvgIpc) is 3.46. The van der Waals surface area contributed by atoms with Crippen LogP contribution in [0.25, 0.3) is 0 Å². The number of nitrogens with one attached hydrogen (secondary N) is 2. The molecule has 1 aromatic carbocycles. The molecule has 2 N–H and O–H groups in total. The van der Waals surface area contributed by atoms with E-state index in [0.29, 0.717) is 12.6 Å². The van der Waals surface area contributed by atoms with Crippen LogP contribution in [0.1, 0.15) is 44.6 Å². The van der Waals surface area contributed by atoms with Gasteiger partial charge in [0.25, 0.3) is 0 Å². The van der Waals surface area contributed by atoms with Crippen molar-refractivity contribution >= 4 is 29.9 Å². The van der Waals surface area contributed by atoms with Gasteiger partial charge in [-0.25, -0.2) is 4.99 Å². The molecule has 0 amide bonds. The number of likely N-dealkylation sites (tertiary alicyclic amines) is 1. The van der Waals surface area contributed by atoms with Crippen LogP contribution < -0.4 is 15.4 Å². The summed E-state index contributed by atoms with van der Waals surface area (Å²) in [5.74, 6) is 3.38. The van der Waals surface area contributed by atoms with E-state index in [1.807, 2.05) is 6.07 Å². The Labute approximate surface area is 204 Å². The van der Waals surface area contributed by atoms with Gasteiger partial charge in [0, 0.05) is 44.4 Å². The van der Waals surface area contributed by atoms with Crippen molar-refractivity contribution in [3.63, 3.8) is 0 Å². The Kier molecular flexibility index (Phi) is 10.2. The predicted molar refractivity (Wildman–Crippen MR) is 136 cm³/mol. The Balaban J connectivity index is 0.00000272. The molecule has 3 fully saturated rings. The number of halogens is 1. The molecule has 31 heavy (non-hydrogen) atoms. The van der Waals surface area contributed by atoms with Crippen LogP contribution in [-0.2, 0) is 11.3 Å². The van der Waals surface area contributed by atoms with Gasteiger partial charge in [-0.15, -0.1) is 24.0 Å². The number of benzene rings is 1. The van der Waals surface area contributed by atoms with Crippen molar-refractivity contribution in [1.29, 1.82) is 0 Å². The molecule has 0 spiro atoms. The molecule has 7 heteroatoms. The SMILES string of the molecule is CCNC(=NCc1ccccc1OCC1CC1)NC1CCN(CC2CCOC2)CC1.I. The standard InChI is InChI=1S/C24H38N4O2.HI/c1-2-25-24(26-15-21-5-3-4-6-23(21)30-18-19-7-8-19)27-22-9-12-28(13-10-22)16-20-11-14-29-17-20;/h3-6,19-20,22H,2,7-18H2,1H3,(H2,25,26,27);1H. The van der Waals surface area contributed by atoms with E-state index in [2.05, 4.69) is 40.7 Å². The summed E-state index contributed by atoms with van der Waals surface area (Å²) in [5.41, 5.74) is 1.16. The Morgan fingerprint density at radius 2 is 1.94 bits per heavy atom. The number of para-hydroxylation sites is 1. The second-order valence-electron chi connectivity index (χ2n) is 9.01. The number of hydrogen-bond donors (Lipinski definition) is 2. The molecule has 2 saturated heterocycles. The highest BCUT2D eigenvalue weighted by Crippen LogP contribution is 2.30. The topological polar surface area (TPSA) is 58.1 Å². The van der Waals surface area contributed by atoms with Gasteiger partial charge in [0.2, 0.25) is 0 Å². The lowest BCUT2D eigenvalue weighted by Crippen LogP contribution is -2.49. The van der Waals surface area contributed by atoms with E-state index < -0.39 is 0 Å². The highest BCUT2D eigenvalue weighted by atomic mass is 127. The van der Waals surface area contributed by atoms with Crippen LogP contribution in [0.15, 0.2) is 29.3 Å². The second kappa shape index (κ2) is 12.8. The van der Waals surface area contributed by atoms with E-state index in [9.17, 15) is 0 Å². The first-order valence-corrected chi connectivity index (χ1v) is 11.9. The number of piperidine rings is 1. The van der Waals surface area contributed by atoms with Crippen molar-refractivity contribution in [1.82, 2.24) is 15.5 Å². The monoisotopic (exact) mass is 542 g/mol. The Hall–Kier alpha value is -1.06. The molecule has 0 radical (unpaired) electrons. The van der Waals surface area contributed by atoms with Crippen LogP contribution in [0.2, 0.25) is 0 Å². The molecule has 174 valence electrons. The van der Waals surface area contributed by atoms with Crippen molar-refractivity contribution in [2.75, 3.05) is 46.0 Å². The summed E-state index contributed by atoms with van der Waals surface area (Å²) in [6.07, 6.45) is 6.17. The second-order valence-corrected chi connectivity index (χ2v) is 9.01. The smallest absolute Gasteiger partial charge is 0.191 e. The fraction of sp³-hybridized carbons (Fsp3) is 0.708. The lowest BCUT2D eigenvalue weighted by Gasteiger charge is -2.34. The summed E-state index contributed by atoms with van der Waals surface area (Å²) in [6, 6.07) is 8.80. The number of hydrogen-bond acceptors (Lipinski definition) is 4. The first-order valence-electron chi connectivity index (χ1n) is 11.9. The Morgan fingerprint density at radius 1 is 1.13 bits per heavy atom. The minimum atomic E-state index is 0. The zero-order chi connectivity index (χ0) is 20.6. The molecule has 2 aliphatic heterocycles. The first-order chi connectivity index (χ1) is 14.8. The lowest BCUT2D eigenvalue weighted by atomic mass is 10.0. The van der Waals surface area contributed by atoms with Crippen LogP contribution in [0, 0.1) is 11.8 Å². The molecule has 1 aliphatic carbocycles. The van der Waals surface area contributed by atoms with Gasteiger partial charge in [-0.1, -0.05) is 18.2 Å².